The first-order chi connectivity index (χ1) is 26.7. The summed E-state index contributed by atoms with van der Waals surface area (Å²) in [6.45, 7) is 0. The lowest BCUT2D eigenvalue weighted by molar-refractivity contribution is 0.728. The molecule has 2 aliphatic rings. The number of unbranched alkanes of at least 4 members (excludes halogenated alkanes) is 2. The van der Waals surface area contributed by atoms with Gasteiger partial charge in [0.15, 0.2) is 0 Å². The van der Waals surface area contributed by atoms with Crippen molar-refractivity contribution in [3.63, 3.8) is 0 Å². The number of nitrogens with zero attached hydrogens (tertiary/aromatic N) is 2. The Bertz CT molecular complexity index is 2600. The Hall–Kier alpha value is -6.58. The first-order valence-corrected chi connectivity index (χ1v) is 19.3. The molecule has 2 N–H and O–H groups in total. The molecule has 0 spiro atoms. The second-order valence-electron chi connectivity index (χ2n) is 13.0. The largest absolute Gasteiger partial charge is 0.354 e. The number of hydrogen-bond donors (Lipinski definition) is 2. The molecule has 4 nitrogen and oxygen atoms in total. The topological polar surface area (TPSA) is 57.4 Å². The van der Waals surface area contributed by atoms with Crippen molar-refractivity contribution in [2.24, 2.45) is 0 Å². The highest BCUT2D eigenvalue weighted by Gasteiger charge is 2.15. The third-order valence-electron chi connectivity index (χ3n) is 9.24. The maximum absolute atomic E-state index is 5.20. The average Bonchev–Trinajstić information content (AvgIpc) is 4.06. The molecule has 54 heavy (non-hydrogen) atoms. The minimum absolute atomic E-state index is 0.729. The minimum Gasteiger partial charge on any atom is -0.354 e. The number of aryl methyl sites for hydroxylation is 1. The van der Waals surface area contributed by atoms with Crippen molar-refractivity contribution in [2.45, 2.75) is 25.7 Å². The van der Waals surface area contributed by atoms with Gasteiger partial charge in [-0.1, -0.05) is 112 Å². The Morgan fingerprint density at radius 2 is 0.796 bits per heavy atom. The van der Waals surface area contributed by atoms with Gasteiger partial charge in [0.2, 0.25) is 0 Å². The van der Waals surface area contributed by atoms with E-state index in [4.69, 9.17) is 9.97 Å². The smallest absolute Gasteiger partial charge is 0.0816 e. The van der Waals surface area contributed by atoms with Crippen LogP contribution in [0.2, 0.25) is 0 Å². The van der Waals surface area contributed by atoms with Gasteiger partial charge in [-0.25, -0.2) is 9.97 Å². The summed E-state index contributed by atoms with van der Waals surface area (Å²) in [6, 6.07) is 38.7. The minimum atomic E-state index is 0.729. The van der Waals surface area contributed by atoms with Gasteiger partial charge < -0.3 is 9.97 Å². The predicted molar refractivity (Wildman–Crippen MR) is 227 cm³/mol. The molecule has 2 aliphatic heterocycles. The lowest BCUT2D eigenvalue weighted by Gasteiger charge is -2.03. The van der Waals surface area contributed by atoms with Crippen molar-refractivity contribution in [1.82, 2.24) is 19.9 Å². The maximum atomic E-state index is 5.20. The summed E-state index contributed by atoms with van der Waals surface area (Å²) in [5.74, 6) is 20.5. The fraction of sp³-hybridized carbons (Fsp3) is 0.102. The molecule has 3 aromatic heterocycles. The molecule has 0 radical (unpaired) electrons. The molecule has 0 atom stereocenters. The average molecular weight is 760 g/mol. The highest BCUT2D eigenvalue weighted by Crippen LogP contribution is 2.27. The first-order valence-electron chi connectivity index (χ1n) is 18.1. The Balaban J connectivity index is 1.44. The Labute approximate surface area is 324 Å². The SMILES string of the molecule is BrCCCCCc1c2ccc([nH]2)c(C#Cc2ccccc2)c2nc(c(C#Cc3ccccc3)c3nc(c(C#Cc4ccccc4)c4ccc1[nH]4)C=C3)C=C2. The van der Waals surface area contributed by atoms with Crippen molar-refractivity contribution in [1.29, 1.82) is 0 Å². The zero-order chi connectivity index (χ0) is 36.5. The predicted octanol–water partition coefficient (Wildman–Crippen LogP) is 11.0. The molecule has 6 aromatic rings. The van der Waals surface area contributed by atoms with E-state index >= 15 is 0 Å². The van der Waals surface area contributed by atoms with Crippen LogP contribution in [0.15, 0.2) is 115 Å². The summed E-state index contributed by atoms with van der Waals surface area (Å²) in [5.41, 5.74) is 13.2. The molecule has 0 saturated carbocycles. The number of alkyl halides is 1. The molecule has 0 saturated heterocycles. The molecule has 0 unspecified atom stereocenters. The number of hydrogen-bond acceptors (Lipinski definition) is 2. The van der Waals surface area contributed by atoms with Crippen LogP contribution in [0.25, 0.3) is 46.4 Å². The summed E-state index contributed by atoms with van der Waals surface area (Å²) in [7, 11) is 0. The molecule has 258 valence electrons. The molecule has 0 fully saturated rings. The van der Waals surface area contributed by atoms with Crippen molar-refractivity contribution in [2.75, 3.05) is 5.33 Å². The monoisotopic (exact) mass is 758 g/mol. The van der Waals surface area contributed by atoms with E-state index in [1.807, 2.05) is 115 Å². The van der Waals surface area contributed by atoms with Crippen LogP contribution in [0.3, 0.4) is 0 Å². The van der Waals surface area contributed by atoms with E-state index in [0.717, 1.165) is 109 Å². The van der Waals surface area contributed by atoms with E-state index in [9.17, 15) is 0 Å². The number of fused-ring (bicyclic) bond motifs is 8. The molecular weight excluding hydrogens is 724 g/mol. The second-order valence-corrected chi connectivity index (χ2v) is 13.7. The Morgan fingerprint density at radius 3 is 1.22 bits per heavy atom. The van der Waals surface area contributed by atoms with Gasteiger partial charge in [0.1, 0.15) is 0 Å². The van der Waals surface area contributed by atoms with Crippen LogP contribution in [-0.2, 0) is 6.42 Å². The van der Waals surface area contributed by atoms with Gasteiger partial charge in [0.05, 0.1) is 50.5 Å². The molecule has 8 rings (SSSR count). The van der Waals surface area contributed by atoms with Gasteiger partial charge in [0.25, 0.3) is 0 Å². The molecule has 3 aromatic carbocycles. The van der Waals surface area contributed by atoms with Crippen molar-refractivity contribution in [3.05, 3.63) is 177 Å². The number of benzene rings is 3. The van der Waals surface area contributed by atoms with Gasteiger partial charge in [-0.2, -0.15) is 0 Å². The van der Waals surface area contributed by atoms with Crippen molar-refractivity contribution >= 4 is 62.3 Å². The Morgan fingerprint density at radius 1 is 0.407 bits per heavy atom. The van der Waals surface area contributed by atoms with Crippen LogP contribution in [0.1, 0.15) is 81.0 Å². The van der Waals surface area contributed by atoms with Gasteiger partial charge in [-0.05, 0) is 110 Å². The van der Waals surface area contributed by atoms with Crippen LogP contribution >= 0.6 is 15.9 Å². The standard InChI is InChI=1S/C49H35BrN4/c50-34-12-4-11-19-38-42-26-28-44(51-42)39(23-20-35-13-5-1-6-14-35)46-30-32-48(53-46)41(25-22-37-17-9-3-10-18-37)49-33-31-47(54-49)40(45-29-27-43(38)52-45)24-21-36-15-7-2-8-16-36/h1-3,5-10,13-18,26-33,51-52H,4,11-12,19,34H2. The quantitative estimate of drug-likeness (QED) is 0.104. The van der Waals surface area contributed by atoms with Crippen LogP contribution in [0.4, 0.5) is 0 Å². The zero-order valence-corrected chi connectivity index (χ0v) is 31.2. The number of aromatic nitrogens is 4. The normalized spacial score (nSPS) is 11.2. The third kappa shape index (κ3) is 7.91. The van der Waals surface area contributed by atoms with Crippen LogP contribution in [0.5, 0.6) is 0 Å². The highest BCUT2D eigenvalue weighted by molar-refractivity contribution is 9.09. The fourth-order valence-electron chi connectivity index (χ4n) is 6.47. The van der Waals surface area contributed by atoms with E-state index < -0.39 is 0 Å². The number of aromatic amines is 2. The van der Waals surface area contributed by atoms with Crippen molar-refractivity contribution in [3.8, 4) is 35.5 Å². The van der Waals surface area contributed by atoms with E-state index in [0.29, 0.717) is 0 Å². The molecular formula is C49H35BrN4. The third-order valence-corrected chi connectivity index (χ3v) is 9.80. The van der Waals surface area contributed by atoms with Crippen molar-refractivity contribution < 1.29 is 0 Å². The molecule has 0 aliphatic carbocycles. The zero-order valence-electron chi connectivity index (χ0n) is 29.6. The van der Waals surface area contributed by atoms with E-state index in [1.165, 1.54) is 5.56 Å². The fourth-order valence-corrected chi connectivity index (χ4v) is 6.87. The lowest BCUT2D eigenvalue weighted by Crippen LogP contribution is -1.92. The number of H-pyrrole nitrogens is 2. The van der Waals surface area contributed by atoms with E-state index in [2.05, 4.69) is 85.7 Å². The van der Waals surface area contributed by atoms with Gasteiger partial charge >= 0.3 is 0 Å². The second kappa shape index (κ2) is 16.4. The molecule has 5 heterocycles. The first kappa shape index (κ1) is 34.5. The molecule has 5 heteroatoms. The van der Waals surface area contributed by atoms with Crippen LogP contribution in [-0.4, -0.2) is 25.3 Å². The van der Waals surface area contributed by atoms with Gasteiger partial charge in [0, 0.05) is 33.1 Å². The summed E-state index contributed by atoms with van der Waals surface area (Å²) < 4.78 is 0. The van der Waals surface area contributed by atoms with Gasteiger partial charge in [-0.15, -0.1) is 0 Å². The summed E-state index contributed by atoms with van der Waals surface area (Å²) >= 11 is 3.61. The lowest BCUT2D eigenvalue weighted by atomic mass is 10.1. The Kier molecular flexibility index (Phi) is 10.5. The van der Waals surface area contributed by atoms with E-state index in [1.54, 1.807) is 0 Å². The highest BCUT2D eigenvalue weighted by atomic mass is 79.9. The maximum Gasteiger partial charge on any atom is 0.0816 e. The van der Waals surface area contributed by atoms with Crippen LogP contribution in [0, 0.1) is 35.5 Å². The van der Waals surface area contributed by atoms with Gasteiger partial charge in [-0.3, -0.25) is 0 Å². The summed E-state index contributed by atoms with van der Waals surface area (Å²) in [4.78, 5) is 17.9. The number of halogens is 1. The van der Waals surface area contributed by atoms with Crippen LogP contribution < -0.4 is 0 Å². The molecule has 8 bridgehead atoms. The number of rotatable bonds is 5. The summed E-state index contributed by atoms with van der Waals surface area (Å²) in [6.07, 6.45) is 12.3. The molecule has 0 amide bonds. The van der Waals surface area contributed by atoms with E-state index in [-0.39, 0.29) is 0 Å². The summed E-state index contributed by atoms with van der Waals surface area (Å²) in [5, 5.41) is 0.999. The number of nitrogens with one attached hydrogen (secondary N) is 2.